The molecule has 100 valence electrons. The molecule has 0 saturated carbocycles. The van der Waals surface area contributed by atoms with Crippen LogP contribution < -0.4 is 4.90 Å². The fraction of sp³-hybridized carbons (Fsp3) is 0.667. The quantitative estimate of drug-likeness (QED) is 0.677. The third-order valence-corrected chi connectivity index (χ3v) is 4.75. The third kappa shape index (κ3) is 2.64. The van der Waals surface area contributed by atoms with E-state index in [-0.39, 0.29) is 10.6 Å². The highest BCUT2D eigenvalue weighted by Gasteiger charge is 2.27. The van der Waals surface area contributed by atoms with Gasteiger partial charge in [0, 0.05) is 24.0 Å². The van der Waals surface area contributed by atoms with Gasteiger partial charge in [-0.05, 0) is 25.7 Å². The van der Waals surface area contributed by atoms with Gasteiger partial charge in [-0.3, -0.25) is 10.1 Å². The van der Waals surface area contributed by atoms with Gasteiger partial charge in [0.15, 0.2) is 5.00 Å². The van der Waals surface area contributed by atoms with Gasteiger partial charge in [0.2, 0.25) is 0 Å². The summed E-state index contributed by atoms with van der Waals surface area (Å²) in [6, 6.07) is 1.50. The van der Waals surface area contributed by atoms with Gasteiger partial charge in [0.25, 0.3) is 0 Å². The Kier molecular flexibility index (Phi) is 3.87. The van der Waals surface area contributed by atoms with E-state index in [0.29, 0.717) is 15.8 Å². The highest BCUT2D eigenvalue weighted by Crippen LogP contribution is 2.41. The Labute approximate surface area is 110 Å². The second kappa shape index (κ2) is 5.24. The van der Waals surface area contributed by atoms with Gasteiger partial charge in [-0.25, -0.2) is 0 Å². The van der Waals surface area contributed by atoms with Gasteiger partial charge in [-0.1, -0.05) is 6.92 Å². The van der Waals surface area contributed by atoms with E-state index in [4.69, 9.17) is 0 Å². The van der Waals surface area contributed by atoms with Crippen LogP contribution in [0, 0.1) is 16.0 Å². The molecule has 6 heteroatoms. The van der Waals surface area contributed by atoms with Crippen LogP contribution in [-0.2, 0) is 0 Å². The summed E-state index contributed by atoms with van der Waals surface area (Å²) in [5.41, 5.74) is 0.130. The zero-order valence-corrected chi connectivity index (χ0v) is 11.4. The Morgan fingerprint density at radius 2 is 2.17 bits per heavy atom. The van der Waals surface area contributed by atoms with Crippen molar-refractivity contribution < 1.29 is 10.0 Å². The molecule has 2 rings (SSSR count). The average molecular weight is 270 g/mol. The topological polar surface area (TPSA) is 66.6 Å². The minimum Gasteiger partial charge on any atom is -0.388 e. The largest absolute Gasteiger partial charge is 0.388 e. The summed E-state index contributed by atoms with van der Waals surface area (Å²) in [5, 5.41) is 21.3. The first-order valence-corrected chi connectivity index (χ1v) is 7.01. The molecule has 0 bridgehead atoms. The van der Waals surface area contributed by atoms with Crippen LogP contribution in [0.3, 0.4) is 0 Å². The van der Waals surface area contributed by atoms with Crippen LogP contribution in [0.5, 0.6) is 0 Å². The van der Waals surface area contributed by atoms with E-state index in [1.807, 2.05) is 0 Å². The van der Waals surface area contributed by atoms with Gasteiger partial charge in [-0.2, -0.15) is 0 Å². The summed E-state index contributed by atoms with van der Waals surface area (Å²) < 4.78 is 0. The minimum atomic E-state index is -0.647. The Balaban J connectivity index is 2.28. The SMILES string of the molecule is CC1CCN(c2sc(C(C)O)cc2[N+](=O)[O-])CC1. The number of nitrogens with zero attached hydrogens (tertiary/aromatic N) is 2. The van der Waals surface area contributed by atoms with Crippen molar-refractivity contribution in [1.29, 1.82) is 0 Å². The van der Waals surface area contributed by atoms with Crippen molar-refractivity contribution in [3.8, 4) is 0 Å². The fourth-order valence-corrected chi connectivity index (χ4v) is 3.28. The second-order valence-electron chi connectivity index (χ2n) is 4.94. The molecule has 0 amide bonds. The first-order chi connectivity index (χ1) is 8.49. The van der Waals surface area contributed by atoms with Gasteiger partial charge in [0.1, 0.15) is 0 Å². The van der Waals surface area contributed by atoms with Crippen molar-refractivity contribution in [1.82, 2.24) is 0 Å². The smallest absolute Gasteiger partial charge is 0.304 e. The van der Waals surface area contributed by atoms with E-state index >= 15 is 0 Å². The normalized spacial score (nSPS) is 18.9. The molecule has 1 aromatic heterocycles. The van der Waals surface area contributed by atoms with Crippen LogP contribution in [0.2, 0.25) is 0 Å². The van der Waals surface area contributed by atoms with E-state index < -0.39 is 6.10 Å². The molecule has 1 saturated heterocycles. The standard InChI is InChI=1S/C12H18N2O3S/c1-8-3-5-13(6-4-8)12-10(14(16)17)7-11(18-12)9(2)15/h7-9,15H,3-6H2,1-2H3. The van der Waals surface area contributed by atoms with Crippen molar-refractivity contribution in [2.45, 2.75) is 32.8 Å². The summed E-state index contributed by atoms with van der Waals surface area (Å²) in [6.07, 6.45) is 1.49. The molecule has 1 aliphatic rings. The van der Waals surface area contributed by atoms with Crippen molar-refractivity contribution >= 4 is 22.0 Å². The lowest BCUT2D eigenvalue weighted by Crippen LogP contribution is -2.32. The predicted molar refractivity (Wildman–Crippen MR) is 72.2 cm³/mol. The first kappa shape index (κ1) is 13.3. The van der Waals surface area contributed by atoms with E-state index in [9.17, 15) is 15.2 Å². The van der Waals surface area contributed by atoms with E-state index in [1.165, 1.54) is 17.4 Å². The fourth-order valence-electron chi connectivity index (χ4n) is 2.16. The molecule has 5 nitrogen and oxygen atoms in total. The number of aliphatic hydroxyl groups excluding tert-OH is 1. The number of piperidine rings is 1. The molecule has 18 heavy (non-hydrogen) atoms. The molecule has 1 N–H and O–H groups in total. The lowest BCUT2D eigenvalue weighted by Gasteiger charge is -2.30. The summed E-state index contributed by atoms with van der Waals surface area (Å²) >= 11 is 1.34. The van der Waals surface area contributed by atoms with Crippen molar-refractivity contribution in [3.63, 3.8) is 0 Å². The molecule has 0 aromatic carbocycles. The Hall–Kier alpha value is -1.14. The lowest BCUT2D eigenvalue weighted by molar-refractivity contribution is -0.383. The highest BCUT2D eigenvalue weighted by molar-refractivity contribution is 7.16. The van der Waals surface area contributed by atoms with Crippen LogP contribution in [-0.4, -0.2) is 23.1 Å². The highest BCUT2D eigenvalue weighted by atomic mass is 32.1. The maximum atomic E-state index is 11.1. The van der Waals surface area contributed by atoms with Gasteiger partial charge in [-0.15, -0.1) is 11.3 Å². The maximum absolute atomic E-state index is 11.1. The number of rotatable bonds is 3. The average Bonchev–Trinajstić information content (AvgIpc) is 2.75. The third-order valence-electron chi connectivity index (χ3n) is 3.39. The van der Waals surface area contributed by atoms with E-state index in [1.54, 1.807) is 6.92 Å². The van der Waals surface area contributed by atoms with Crippen molar-refractivity contribution in [2.24, 2.45) is 5.92 Å². The van der Waals surface area contributed by atoms with E-state index in [2.05, 4.69) is 11.8 Å². The number of hydrogen-bond acceptors (Lipinski definition) is 5. The van der Waals surface area contributed by atoms with Crippen molar-refractivity contribution in [2.75, 3.05) is 18.0 Å². The van der Waals surface area contributed by atoms with Gasteiger partial charge < -0.3 is 10.0 Å². The van der Waals surface area contributed by atoms with Crippen molar-refractivity contribution in [3.05, 3.63) is 21.1 Å². The number of hydrogen-bond donors (Lipinski definition) is 1. The number of anilines is 1. The molecule has 0 aliphatic carbocycles. The van der Waals surface area contributed by atoms with Crippen LogP contribution in [0.4, 0.5) is 10.7 Å². The first-order valence-electron chi connectivity index (χ1n) is 6.20. The van der Waals surface area contributed by atoms with Gasteiger partial charge >= 0.3 is 5.69 Å². The molecule has 0 radical (unpaired) electrons. The van der Waals surface area contributed by atoms with Crippen LogP contribution in [0.15, 0.2) is 6.07 Å². The summed E-state index contributed by atoms with van der Waals surface area (Å²) in [4.78, 5) is 13.5. The molecule has 0 spiro atoms. The van der Waals surface area contributed by atoms with E-state index in [0.717, 1.165) is 25.9 Å². The van der Waals surface area contributed by atoms with Crippen LogP contribution in [0.25, 0.3) is 0 Å². The number of thiophene rings is 1. The maximum Gasteiger partial charge on any atom is 0.304 e. The Morgan fingerprint density at radius 3 is 2.67 bits per heavy atom. The molecule has 1 unspecified atom stereocenters. The predicted octanol–water partition coefficient (Wildman–Crippen LogP) is 2.95. The van der Waals surface area contributed by atoms with Gasteiger partial charge in [0.05, 0.1) is 11.0 Å². The molecule has 2 heterocycles. The number of nitro groups is 1. The minimum absolute atomic E-state index is 0.130. The molecule has 1 atom stereocenters. The molecular weight excluding hydrogens is 252 g/mol. The molecule has 1 fully saturated rings. The summed E-state index contributed by atoms with van der Waals surface area (Å²) in [5.74, 6) is 0.691. The lowest BCUT2D eigenvalue weighted by atomic mass is 9.99. The monoisotopic (exact) mass is 270 g/mol. The second-order valence-corrected chi connectivity index (χ2v) is 6.00. The molecule has 1 aliphatic heterocycles. The number of aliphatic hydroxyl groups is 1. The summed E-state index contributed by atoms with van der Waals surface area (Å²) in [7, 11) is 0. The van der Waals surface area contributed by atoms with Crippen LogP contribution >= 0.6 is 11.3 Å². The molecular formula is C12H18N2O3S. The zero-order chi connectivity index (χ0) is 13.3. The van der Waals surface area contributed by atoms with Crippen LogP contribution in [0.1, 0.15) is 37.7 Å². The Morgan fingerprint density at radius 1 is 1.56 bits per heavy atom. The summed E-state index contributed by atoms with van der Waals surface area (Å²) in [6.45, 7) is 5.57. The Bertz CT molecular complexity index is 437. The zero-order valence-electron chi connectivity index (χ0n) is 10.6. The molecule has 1 aromatic rings.